The molecule has 0 amide bonds. The SMILES string of the molecule is CCc1nn(C)c(CC(C)CC(C)Br)c1Cl. The van der Waals surface area contributed by atoms with E-state index in [0.717, 1.165) is 30.0 Å². The van der Waals surface area contributed by atoms with E-state index < -0.39 is 0 Å². The van der Waals surface area contributed by atoms with E-state index >= 15 is 0 Å². The van der Waals surface area contributed by atoms with Gasteiger partial charge in [-0.2, -0.15) is 5.10 Å². The van der Waals surface area contributed by atoms with Crippen molar-refractivity contribution in [3.63, 3.8) is 0 Å². The van der Waals surface area contributed by atoms with Crippen LogP contribution in [0.15, 0.2) is 0 Å². The van der Waals surface area contributed by atoms with E-state index in [2.05, 4.69) is 41.8 Å². The molecule has 1 aromatic rings. The molecular weight excluding hydrogens is 288 g/mol. The Balaban J connectivity index is 2.76. The third-order valence-electron chi connectivity index (χ3n) is 2.77. The average Bonchev–Trinajstić information content (AvgIpc) is 2.44. The molecule has 0 aliphatic carbocycles. The number of rotatable bonds is 5. The molecule has 4 heteroatoms. The van der Waals surface area contributed by atoms with Crippen LogP contribution in [-0.4, -0.2) is 14.6 Å². The Morgan fingerprint density at radius 2 is 2.06 bits per heavy atom. The molecule has 92 valence electrons. The topological polar surface area (TPSA) is 17.8 Å². The van der Waals surface area contributed by atoms with Gasteiger partial charge in [-0.05, 0) is 25.2 Å². The minimum atomic E-state index is 0.556. The first-order valence-electron chi connectivity index (χ1n) is 5.80. The smallest absolute Gasteiger partial charge is 0.0849 e. The minimum Gasteiger partial charge on any atom is -0.271 e. The van der Waals surface area contributed by atoms with Crippen molar-refractivity contribution >= 4 is 27.5 Å². The van der Waals surface area contributed by atoms with Gasteiger partial charge in [-0.25, -0.2) is 0 Å². The highest BCUT2D eigenvalue weighted by molar-refractivity contribution is 9.09. The molecule has 2 nitrogen and oxygen atoms in total. The van der Waals surface area contributed by atoms with Gasteiger partial charge in [0.15, 0.2) is 0 Å². The predicted octanol–water partition coefficient (Wildman–Crippen LogP) is 3.99. The van der Waals surface area contributed by atoms with Crippen LogP contribution in [0.2, 0.25) is 5.02 Å². The highest BCUT2D eigenvalue weighted by atomic mass is 79.9. The van der Waals surface area contributed by atoms with E-state index in [-0.39, 0.29) is 0 Å². The molecule has 0 saturated carbocycles. The van der Waals surface area contributed by atoms with Crippen LogP contribution in [0.5, 0.6) is 0 Å². The highest BCUT2D eigenvalue weighted by Crippen LogP contribution is 2.25. The van der Waals surface area contributed by atoms with Crippen molar-refractivity contribution in [2.75, 3.05) is 0 Å². The molecule has 0 saturated heterocycles. The van der Waals surface area contributed by atoms with Crippen LogP contribution in [0.4, 0.5) is 0 Å². The van der Waals surface area contributed by atoms with Crippen molar-refractivity contribution in [2.24, 2.45) is 13.0 Å². The Bertz CT molecular complexity index is 347. The highest BCUT2D eigenvalue weighted by Gasteiger charge is 2.16. The summed E-state index contributed by atoms with van der Waals surface area (Å²) < 4.78 is 1.93. The number of alkyl halides is 1. The monoisotopic (exact) mass is 306 g/mol. The fourth-order valence-electron chi connectivity index (χ4n) is 2.01. The first kappa shape index (κ1) is 14.0. The molecule has 0 N–H and O–H groups in total. The first-order chi connectivity index (χ1) is 7.45. The van der Waals surface area contributed by atoms with Crippen LogP contribution in [0.3, 0.4) is 0 Å². The summed E-state index contributed by atoms with van der Waals surface area (Å²) in [6, 6.07) is 0. The number of aryl methyl sites for hydroxylation is 2. The van der Waals surface area contributed by atoms with Crippen LogP contribution in [0, 0.1) is 5.92 Å². The van der Waals surface area contributed by atoms with Crippen LogP contribution in [0.25, 0.3) is 0 Å². The second-order valence-electron chi connectivity index (χ2n) is 4.51. The van der Waals surface area contributed by atoms with Gasteiger partial charge in [0, 0.05) is 11.9 Å². The summed E-state index contributed by atoms with van der Waals surface area (Å²) in [5, 5.41) is 5.29. The molecule has 0 radical (unpaired) electrons. The van der Waals surface area contributed by atoms with E-state index in [4.69, 9.17) is 11.6 Å². The molecule has 1 rings (SSSR count). The molecule has 1 heterocycles. The first-order valence-corrected chi connectivity index (χ1v) is 7.09. The quantitative estimate of drug-likeness (QED) is 0.752. The summed E-state index contributed by atoms with van der Waals surface area (Å²) in [4.78, 5) is 0.556. The summed E-state index contributed by atoms with van der Waals surface area (Å²) in [6.45, 7) is 6.52. The summed E-state index contributed by atoms with van der Waals surface area (Å²) in [5.74, 6) is 0.618. The van der Waals surface area contributed by atoms with Gasteiger partial charge in [0.25, 0.3) is 0 Å². The lowest BCUT2D eigenvalue weighted by Crippen LogP contribution is -2.09. The maximum Gasteiger partial charge on any atom is 0.0849 e. The van der Waals surface area contributed by atoms with Crippen molar-refractivity contribution < 1.29 is 0 Å². The number of aromatic nitrogens is 2. The molecule has 2 atom stereocenters. The van der Waals surface area contributed by atoms with E-state index in [1.807, 2.05) is 11.7 Å². The van der Waals surface area contributed by atoms with Gasteiger partial charge >= 0.3 is 0 Å². The second kappa shape index (κ2) is 6.06. The lowest BCUT2D eigenvalue weighted by Gasteiger charge is -2.13. The maximum absolute atomic E-state index is 6.32. The fraction of sp³-hybridized carbons (Fsp3) is 0.750. The molecule has 0 aliphatic heterocycles. The normalized spacial score (nSPS) is 15.1. The second-order valence-corrected chi connectivity index (χ2v) is 6.45. The molecule has 2 unspecified atom stereocenters. The Kier molecular flexibility index (Phi) is 5.32. The average molecular weight is 308 g/mol. The van der Waals surface area contributed by atoms with Gasteiger partial charge in [0.1, 0.15) is 0 Å². The largest absolute Gasteiger partial charge is 0.271 e. The lowest BCUT2D eigenvalue weighted by atomic mass is 10.00. The third kappa shape index (κ3) is 3.49. The summed E-state index contributed by atoms with van der Waals surface area (Å²) >= 11 is 9.90. The van der Waals surface area contributed by atoms with Gasteiger partial charge in [0.2, 0.25) is 0 Å². The van der Waals surface area contributed by atoms with Gasteiger partial charge in [-0.15, -0.1) is 0 Å². The van der Waals surface area contributed by atoms with Gasteiger partial charge in [0.05, 0.1) is 16.4 Å². The molecular formula is C12H20BrClN2. The van der Waals surface area contributed by atoms with Gasteiger partial charge < -0.3 is 0 Å². The van der Waals surface area contributed by atoms with Crippen LogP contribution < -0.4 is 0 Å². The minimum absolute atomic E-state index is 0.556. The number of nitrogens with zero attached hydrogens (tertiary/aromatic N) is 2. The van der Waals surface area contributed by atoms with Gasteiger partial charge in [-0.1, -0.05) is 48.3 Å². The summed E-state index contributed by atoms with van der Waals surface area (Å²) in [7, 11) is 1.98. The Hall–Kier alpha value is -0.0200. The molecule has 0 fully saturated rings. The van der Waals surface area contributed by atoms with Crippen molar-refractivity contribution in [3.8, 4) is 0 Å². The lowest BCUT2D eigenvalue weighted by molar-refractivity contribution is 0.511. The number of hydrogen-bond acceptors (Lipinski definition) is 1. The number of hydrogen-bond donors (Lipinski definition) is 0. The summed E-state index contributed by atoms with van der Waals surface area (Å²) in [6.07, 6.45) is 3.05. The molecule has 0 aliphatic rings. The van der Waals surface area contributed by atoms with Crippen LogP contribution in [0.1, 0.15) is 38.6 Å². The molecule has 0 bridgehead atoms. The zero-order chi connectivity index (χ0) is 12.3. The standard InChI is InChI=1S/C12H20BrClN2/c1-5-10-12(14)11(16(4)15-10)7-8(2)6-9(3)13/h8-9H,5-7H2,1-4H3. The van der Waals surface area contributed by atoms with E-state index in [1.165, 1.54) is 5.69 Å². The molecule has 0 aromatic carbocycles. The van der Waals surface area contributed by atoms with Crippen molar-refractivity contribution in [1.29, 1.82) is 0 Å². The zero-order valence-corrected chi connectivity index (χ0v) is 12.8. The third-order valence-corrected chi connectivity index (χ3v) is 3.58. The van der Waals surface area contributed by atoms with Crippen molar-refractivity contribution in [3.05, 3.63) is 16.4 Å². The fourth-order valence-corrected chi connectivity index (χ4v) is 3.02. The van der Waals surface area contributed by atoms with Crippen molar-refractivity contribution in [2.45, 2.75) is 44.9 Å². The molecule has 0 spiro atoms. The van der Waals surface area contributed by atoms with E-state index in [0.29, 0.717) is 10.7 Å². The van der Waals surface area contributed by atoms with Gasteiger partial charge in [-0.3, -0.25) is 4.68 Å². The number of halogens is 2. The zero-order valence-electron chi connectivity index (χ0n) is 10.4. The Labute approximate surface area is 111 Å². The molecule has 1 aromatic heterocycles. The summed E-state index contributed by atoms with van der Waals surface area (Å²) in [5.41, 5.74) is 2.18. The Morgan fingerprint density at radius 1 is 1.44 bits per heavy atom. The van der Waals surface area contributed by atoms with E-state index in [1.54, 1.807) is 0 Å². The van der Waals surface area contributed by atoms with E-state index in [9.17, 15) is 0 Å². The maximum atomic E-state index is 6.32. The van der Waals surface area contributed by atoms with Crippen molar-refractivity contribution in [1.82, 2.24) is 9.78 Å². The molecule has 16 heavy (non-hydrogen) atoms. The van der Waals surface area contributed by atoms with Crippen LogP contribution in [-0.2, 0) is 19.9 Å². The predicted molar refractivity (Wildman–Crippen MR) is 73.5 cm³/mol. The van der Waals surface area contributed by atoms with Crippen LogP contribution >= 0.6 is 27.5 Å². The Morgan fingerprint density at radius 3 is 2.50 bits per heavy atom.